The van der Waals surface area contributed by atoms with E-state index in [-0.39, 0.29) is 11.9 Å². The number of benzene rings is 1. The molecule has 3 rings (SSSR count). The molecule has 0 unspecified atom stereocenters. The molecule has 0 spiro atoms. The first-order chi connectivity index (χ1) is 12.1. The van der Waals surface area contributed by atoms with Gasteiger partial charge in [-0.2, -0.15) is 5.10 Å². The van der Waals surface area contributed by atoms with Gasteiger partial charge in [0.25, 0.3) is 5.91 Å². The highest BCUT2D eigenvalue weighted by atomic mass is 16.1. The molecule has 2 heterocycles. The summed E-state index contributed by atoms with van der Waals surface area (Å²) in [6.45, 7) is 4.42. The molecule has 1 atom stereocenters. The van der Waals surface area contributed by atoms with E-state index in [1.165, 1.54) is 12.0 Å². The van der Waals surface area contributed by atoms with Crippen LogP contribution in [0.4, 0.5) is 0 Å². The highest BCUT2D eigenvalue weighted by Gasteiger charge is 2.24. The van der Waals surface area contributed by atoms with E-state index in [9.17, 15) is 4.79 Å². The Morgan fingerprint density at radius 3 is 2.64 bits per heavy atom. The lowest BCUT2D eigenvalue weighted by Gasteiger charge is -2.36. The van der Waals surface area contributed by atoms with E-state index in [4.69, 9.17) is 0 Å². The summed E-state index contributed by atoms with van der Waals surface area (Å²) in [6, 6.07) is 11.5. The summed E-state index contributed by atoms with van der Waals surface area (Å²) in [6.07, 6.45) is 7.71. The molecule has 1 aromatic carbocycles. The van der Waals surface area contributed by atoms with E-state index < -0.39 is 0 Å². The summed E-state index contributed by atoms with van der Waals surface area (Å²) < 4.78 is 1.66. The maximum Gasteiger partial charge on any atom is 0.254 e. The highest BCUT2D eigenvalue weighted by Crippen LogP contribution is 2.17. The lowest BCUT2D eigenvalue weighted by atomic mass is 10.00. The SMILES string of the molecule is C[C@@H](CCc1ccccc1)N1CCC(NC(=O)c2cnn(C)c2)CC1. The van der Waals surface area contributed by atoms with Gasteiger partial charge in [-0.15, -0.1) is 0 Å². The fourth-order valence-electron chi connectivity index (χ4n) is 3.49. The van der Waals surface area contributed by atoms with Gasteiger partial charge >= 0.3 is 0 Å². The quantitative estimate of drug-likeness (QED) is 0.879. The van der Waals surface area contributed by atoms with Crippen LogP contribution in [0.2, 0.25) is 0 Å². The van der Waals surface area contributed by atoms with E-state index >= 15 is 0 Å². The summed E-state index contributed by atoms with van der Waals surface area (Å²) in [5, 5.41) is 7.21. The average Bonchev–Trinajstić information content (AvgIpc) is 3.08. The molecule has 1 amide bonds. The second-order valence-electron chi connectivity index (χ2n) is 7.06. The first-order valence-electron chi connectivity index (χ1n) is 9.19. The maximum atomic E-state index is 12.2. The third-order valence-corrected chi connectivity index (χ3v) is 5.15. The topological polar surface area (TPSA) is 50.2 Å². The van der Waals surface area contributed by atoms with Crippen LogP contribution in [0.15, 0.2) is 42.7 Å². The van der Waals surface area contributed by atoms with Crippen molar-refractivity contribution in [2.45, 2.75) is 44.7 Å². The monoisotopic (exact) mass is 340 g/mol. The Morgan fingerprint density at radius 2 is 2.00 bits per heavy atom. The van der Waals surface area contributed by atoms with Crippen molar-refractivity contribution in [2.24, 2.45) is 7.05 Å². The number of aryl methyl sites for hydroxylation is 2. The van der Waals surface area contributed by atoms with Crippen LogP contribution in [0.1, 0.15) is 42.1 Å². The van der Waals surface area contributed by atoms with Crippen LogP contribution in [0.3, 0.4) is 0 Å². The minimum absolute atomic E-state index is 0.0105. The number of aromatic nitrogens is 2. The van der Waals surface area contributed by atoms with Gasteiger partial charge in [0, 0.05) is 38.4 Å². The summed E-state index contributed by atoms with van der Waals surface area (Å²) in [5.74, 6) is -0.0105. The molecule has 1 fully saturated rings. The lowest BCUT2D eigenvalue weighted by molar-refractivity contribution is 0.0893. The Kier molecular flexibility index (Phi) is 5.87. The van der Waals surface area contributed by atoms with Gasteiger partial charge in [-0.3, -0.25) is 9.48 Å². The van der Waals surface area contributed by atoms with Crippen LogP contribution in [0, 0.1) is 0 Å². The first-order valence-corrected chi connectivity index (χ1v) is 9.19. The largest absolute Gasteiger partial charge is 0.349 e. The minimum atomic E-state index is -0.0105. The molecular formula is C20H28N4O. The Bertz CT molecular complexity index is 674. The van der Waals surface area contributed by atoms with Crippen LogP contribution < -0.4 is 5.32 Å². The Labute approximate surface area is 150 Å². The number of nitrogens with one attached hydrogen (secondary N) is 1. The second-order valence-corrected chi connectivity index (χ2v) is 7.06. The molecule has 0 aliphatic carbocycles. The van der Waals surface area contributed by atoms with Crippen LogP contribution in [-0.2, 0) is 13.5 Å². The highest BCUT2D eigenvalue weighted by molar-refractivity contribution is 5.93. The molecule has 1 saturated heterocycles. The molecule has 1 aliphatic heterocycles. The van der Waals surface area contributed by atoms with Crippen molar-refractivity contribution >= 4 is 5.91 Å². The smallest absolute Gasteiger partial charge is 0.254 e. The predicted molar refractivity (Wildman–Crippen MR) is 99.5 cm³/mol. The van der Waals surface area contributed by atoms with Crippen LogP contribution in [-0.4, -0.2) is 45.8 Å². The number of hydrogen-bond acceptors (Lipinski definition) is 3. The molecule has 1 aromatic heterocycles. The molecule has 2 aromatic rings. The third kappa shape index (κ3) is 4.92. The predicted octanol–water partition coefficient (Wildman–Crippen LogP) is 2.64. The second kappa shape index (κ2) is 8.30. The van der Waals surface area contributed by atoms with E-state index in [2.05, 4.69) is 52.6 Å². The number of nitrogens with zero attached hydrogens (tertiary/aromatic N) is 3. The van der Waals surface area contributed by atoms with Crippen molar-refractivity contribution in [3.05, 3.63) is 53.9 Å². The van der Waals surface area contributed by atoms with Gasteiger partial charge in [0.1, 0.15) is 0 Å². The Morgan fingerprint density at radius 1 is 1.28 bits per heavy atom. The van der Waals surface area contributed by atoms with E-state index in [0.29, 0.717) is 11.6 Å². The zero-order valence-electron chi connectivity index (χ0n) is 15.2. The molecule has 0 bridgehead atoms. The number of hydrogen-bond donors (Lipinski definition) is 1. The van der Waals surface area contributed by atoms with Gasteiger partial charge in [-0.25, -0.2) is 0 Å². The standard InChI is InChI=1S/C20H28N4O/c1-16(8-9-17-6-4-3-5-7-17)24-12-10-19(11-13-24)22-20(25)18-14-21-23(2)15-18/h3-7,14-16,19H,8-13H2,1-2H3,(H,22,25)/t16-/m0/s1. The van der Waals surface area contributed by atoms with E-state index in [1.807, 2.05) is 7.05 Å². The zero-order chi connectivity index (χ0) is 17.6. The summed E-state index contributed by atoms with van der Waals surface area (Å²) >= 11 is 0. The molecule has 5 nitrogen and oxygen atoms in total. The summed E-state index contributed by atoms with van der Waals surface area (Å²) in [5.41, 5.74) is 2.05. The average molecular weight is 340 g/mol. The zero-order valence-corrected chi connectivity index (χ0v) is 15.2. The van der Waals surface area contributed by atoms with Gasteiger partial charge in [0.05, 0.1) is 11.8 Å². The van der Waals surface area contributed by atoms with Crippen molar-refractivity contribution in [3.8, 4) is 0 Å². The molecule has 25 heavy (non-hydrogen) atoms. The number of carbonyl (C=O) groups is 1. The number of piperidine rings is 1. The van der Waals surface area contributed by atoms with Crippen molar-refractivity contribution < 1.29 is 4.79 Å². The third-order valence-electron chi connectivity index (χ3n) is 5.15. The molecule has 0 radical (unpaired) electrons. The van der Waals surface area contributed by atoms with Crippen molar-refractivity contribution in [1.82, 2.24) is 20.0 Å². The summed E-state index contributed by atoms with van der Waals surface area (Å²) in [4.78, 5) is 14.8. The number of rotatable bonds is 6. The van der Waals surface area contributed by atoms with Crippen LogP contribution in [0.25, 0.3) is 0 Å². The Balaban J connectivity index is 1.41. The fourth-order valence-corrected chi connectivity index (χ4v) is 3.49. The first kappa shape index (κ1) is 17.7. The number of carbonyl (C=O) groups excluding carboxylic acids is 1. The van der Waals surface area contributed by atoms with Gasteiger partial charge in [-0.1, -0.05) is 30.3 Å². The number of amides is 1. The molecular weight excluding hydrogens is 312 g/mol. The molecule has 0 saturated carbocycles. The van der Waals surface area contributed by atoms with Crippen LogP contribution in [0.5, 0.6) is 0 Å². The Hall–Kier alpha value is -2.14. The lowest BCUT2D eigenvalue weighted by Crippen LogP contribution is -2.47. The van der Waals surface area contributed by atoms with Gasteiger partial charge in [0.15, 0.2) is 0 Å². The molecule has 1 N–H and O–H groups in total. The van der Waals surface area contributed by atoms with Gasteiger partial charge < -0.3 is 10.2 Å². The minimum Gasteiger partial charge on any atom is -0.349 e. The summed E-state index contributed by atoms with van der Waals surface area (Å²) in [7, 11) is 1.83. The van der Waals surface area contributed by atoms with Crippen molar-refractivity contribution in [3.63, 3.8) is 0 Å². The molecule has 5 heteroatoms. The van der Waals surface area contributed by atoms with E-state index in [0.717, 1.165) is 32.4 Å². The van der Waals surface area contributed by atoms with Gasteiger partial charge in [0.2, 0.25) is 0 Å². The van der Waals surface area contributed by atoms with E-state index in [1.54, 1.807) is 17.1 Å². The van der Waals surface area contributed by atoms with Crippen molar-refractivity contribution in [1.29, 1.82) is 0 Å². The van der Waals surface area contributed by atoms with Gasteiger partial charge in [-0.05, 0) is 38.2 Å². The fraction of sp³-hybridized carbons (Fsp3) is 0.500. The normalized spacial score (nSPS) is 17.4. The molecule has 1 aliphatic rings. The number of likely N-dealkylation sites (tertiary alicyclic amines) is 1. The van der Waals surface area contributed by atoms with Crippen LogP contribution >= 0.6 is 0 Å². The molecule has 134 valence electrons. The maximum absolute atomic E-state index is 12.2. The van der Waals surface area contributed by atoms with Crippen molar-refractivity contribution in [2.75, 3.05) is 13.1 Å².